The maximum Gasteiger partial charge on any atom is 0.407 e. The Labute approximate surface area is 203 Å². The minimum absolute atomic E-state index is 0.00375. The molecular formula is C26H41N5O3. The van der Waals surface area contributed by atoms with Crippen LogP contribution in [-0.4, -0.2) is 43.2 Å². The molecular weight excluding hydrogens is 430 g/mol. The van der Waals surface area contributed by atoms with E-state index in [-0.39, 0.29) is 18.0 Å². The number of hydrogen-bond donors (Lipinski definition) is 3. The summed E-state index contributed by atoms with van der Waals surface area (Å²) < 4.78 is 5.23. The maximum absolute atomic E-state index is 13.1. The summed E-state index contributed by atoms with van der Waals surface area (Å²) in [5.41, 5.74) is 7.85. The molecule has 1 unspecified atom stereocenters. The average Bonchev–Trinajstić information content (AvgIpc) is 2.79. The van der Waals surface area contributed by atoms with Crippen LogP contribution in [0.4, 0.5) is 10.5 Å². The normalized spacial score (nSPS) is 18.7. The molecule has 8 heteroatoms. The Bertz CT molecular complexity index is 858. The van der Waals surface area contributed by atoms with Crippen molar-refractivity contribution in [1.82, 2.24) is 10.6 Å². The molecule has 1 fully saturated rings. The second-order valence-electron chi connectivity index (χ2n) is 10.3. The molecule has 0 bridgehead atoms. The van der Waals surface area contributed by atoms with Crippen LogP contribution < -0.4 is 21.3 Å². The van der Waals surface area contributed by atoms with Gasteiger partial charge in [-0.25, -0.2) is 9.79 Å². The fourth-order valence-corrected chi connectivity index (χ4v) is 4.66. The molecule has 1 atom stereocenters. The van der Waals surface area contributed by atoms with Crippen LogP contribution in [0, 0.1) is 5.92 Å². The Morgan fingerprint density at radius 3 is 2.53 bits per heavy atom. The monoisotopic (exact) mass is 471 g/mol. The Hall–Kier alpha value is -2.61. The van der Waals surface area contributed by atoms with Crippen LogP contribution in [0.3, 0.4) is 0 Å². The van der Waals surface area contributed by atoms with Crippen LogP contribution in [0.2, 0.25) is 0 Å². The molecule has 3 rings (SSSR count). The molecule has 34 heavy (non-hydrogen) atoms. The van der Waals surface area contributed by atoms with E-state index in [0.29, 0.717) is 24.8 Å². The number of rotatable bonds is 9. The van der Waals surface area contributed by atoms with Crippen molar-refractivity contribution in [3.8, 4) is 0 Å². The minimum atomic E-state index is -0.478. The molecule has 2 heterocycles. The van der Waals surface area contributed by atoms with Gasteiger partial charge in [-0.2, -0.15) is 0 Å². The van der Waals surface area contributed by atoms with Gasteiger partial charge in [-0.05, 0) is 71.5 Å². The Kier molecular flexibility index (Phi) is 9.33. The van der Waals surface area contributed by atoms with Gasteiger partial charge in [0.1, 0.15) is 5.60 Å². The van der Waals surface area contributed by atoms with Gasteiger partial charge >= 0.3 is 6.09 Å². The summed E-state index contributed by atoms with van der Waals surface area (Å²) in [5.74, 6) is 0.771. The lowest BCUT2D eigenvalue weighted by Crippen LogP contribution is -2.46. The van der Waals surface area contributed by atoms with Crippen molar-refractivity contribution < 1.29 is 14.3 Å². The molecule has 1 aromatic carbocycles. The number of anilines is 1. The maximum atomic E-state index is 13.1. The number of ether oxygens (including phenoxy) is 1. The first-order valence-corrected chi connectivity index (χ1v) is 12.7. The smallest absolute Gasteiger partial charge is 0.407 e. The van der Waals surface area contributed by atoms with Crippen LogP contribution in [0.25, 0.3) is 0 Å². The van der Waals surface area contributed by atoms with Crippen molar-refractivity contribution in [2.45, 2.75) is 83.8 Å². The van der Waals surface area contributed by atoms with Crippen LogP contribution >= 0.6 is 0 Å². The van der Waals surface area contributed by atoms with E-state index in [1.165, 1.54) is 0 Å². The highest BCUT2D eigenvalue weighted by Crippen LogP contribution is 2.40. The molecule has 188 valence electrons. The summed E-state index contributed by atoms with van der Waals surface area (Å²) in [6.45, 7) is 8.15. The number of unbranched alkanes of at least 4 members (excludes halogenated alkanes) is 4. The lowest BCUT2D eigenvalue weighted by molar-refractivity contribution is -0.117. The number of nitrogens with two attached hydrogens (primary N) is 1. The van der Waals surface area contributed by atoms with Crippen molar-refractivity contribution in [2.24, 2.45) is 16.6 Å². The molecule has 2 aliphatic heterocycles. The zero-order valence-electron chi connectivity index (χ0n) is 20.9. The van der Waals surface area contributed by atoms with Gasteiger partial charge in [0.15, 0.2) is 0 Å². The van der Waals surface area contributed by atoms with E-state index in [1.807, 2.05) is 39.0 Å². The van der Waals surface area contributed by atoms with Gasteiger partial charge in [-0.15, -0.1) is 0 Å². The summed E-state index contributed by atoms with van der Waals surface area (Å²) in [7, 11) is 0. The third kappa shape index (κ3) is 7.45. The number of para-hydroxylation sites is 1. The highest BCUT2D eigenvalue weighted by molar-refractivity contribution is 6.17. The molecule has 0 saturated carbocycles. The minimum Gasteiger partial charge on any atom is -0.444 e. The molecule has 2 aliphatic rings. The predicted octanol–water partition coefficient (Wildman–Crippen LogP) is 4.25. The summed E-state index contributed by atoms with van der Waals surface area (Å²) in [6, 6.07) is 8.08. The Morgan fingerprint density at radius 2 is 1.79 bits per heavy atom. The number of piperidine rings is 1. The molecule has 0 aromatic heterocycles. The van der Waals surface area contributed by atoms with Crippen molar-refractivity contribution in [3.05, 3.63) is 29.8 Å². The summed E-state index contributed by atoms with van der Waals surface area (Å²) in [4.78, 5) is 31.1. The third-order valence-electron chi connectivity index (χ3n) is 6.31. The lowest BCUT2D eigenvalue weighted by atomic mass is 9.84. The first-order chi connectivity index (χ1) is 16.3. The predicted molar refractivity (Wildman–Crippen MR) is 136 cm³/mol. The number of carbonyl (C=O) groups is 2. The highest BCUT2D eigenvalue weighted by Gasteiger charge is 2.34. The molecule has 0 radical (unpaired) electrons. The van der Waals surface area contributed by atoms with Gasteiger partial charge in [-0.1, -0.05) is 37.5 Å². The number of carbonyl (C=O) groups excluding carboxylic acids is 2. The van der Waals surface area contributed by atoms with Gasteiger partial charge in [0, 0.05) is 18.5 Å². The number of amides is 2. The van der Waals surface area contributed by atoms with E-state index in [0.717, 1.165) is 69.3 Å². The zero-order valence-corrected chi connectivity index (χ0v) is 20.9. The Morgan fingerprint density at radius 1 is 1.12 bits per heavy atom. The molecule has 1 aromatic rings. The van der Waals surface area contributed by atoms with Crippen molar-refractivity contribution in [1.29, 1.82) is 0 Å². The van der Waals surface area contributed by atoms with Crippen molar-refractivity contribution in [2.75, 3.05) is 24.5 Å². The molecule has 8 nitrogen and oxygen atoms in total. The van der Waals surface area contributed by atoms with Crippen molar-refractivity contribution in [3.63, 3.8) is 0 Å². The fourth-order valence-electron chi connectivity index (χ4n) is 4.66. The average molecular weight is 472 g/mol. The SMILES string of the molecule is CC(C)(C)OC(=O)NCCCCCCCC(=O)N1C(N)=NC(C2CCNCC2)c2ccccc21. The molecule has 0 spiro atoms. The largest absolute Gasteiger partial charge is 0.444 e. The van der Waals surface area contributed by atoms with E-state index in [9.17, 15) is 9.59 Å². The quantitative estimate of drug-likeness (QED) is 0.467. The third-order valence-corrected chi connectivity index (χ3v) is 6.31. The Balaban J connectivity index is 1.42. The molecule has 1 saturated heterocycles. The van der Waals surface area contributed by atoms with E-state index >= 15 is 0 Å². The van der Waals surface area contributed by atoms with Crippen LogP contribution in [0.1, 0.15) is 83.7 Å². The topological polar surface area (TPSA) is 109 Å². The van der Waals surface area contributed by atoms with Gasteiger partial charge in [0.25, 0.3) is 0 Å². The van der Waals surface area contributed by atoms with Crippen LogP contribution in [0.15, 0.2) is 29.3 Å². The number of benzene rings is 1. The van der Waals surface area contributed by atoms with Gasteiger partial charge in [0.2, 0.25) is 11.9 Å². The number of fused-ring (bicyclic) bond motifs is 1. The fraction of sp³-hybridized carbons (Fsp3) is 0.654. The van der Waals surface area contributed by atoms with E-state index in [4.69, 9.17) is 15.5 Å². The number of aliphatic imine (C=N–C) groups is 1. The molecule has 0 aliphatic carbocycles. The first-order valence-electron chi connectivity index (χ1n) is 12.7. The lowest BCUT2D eigenvalue weighted by Gasteiger charge is -2.36. The summed E-state index contributed by atoms with van der Waals surface area (Å²) in [6.07, 6.45) is 6.88. The standard InChI is InChI=1S/C26H41N5O3/c1-26(2,3)34-25(33)29-16-10-6-4-5-7-13-22(32)31-21-12-9-8-11-20(21)23(30-24(31)27)19-14-17-28-18-15-19/h8-9,11-12,19,23,28H,4-7,10,13-18H2,1-3H3,(H2,27,30)(H,29,33). The van der Waals surface area contributed by atoms with Crippen LogP contribution in [0.5, 0.6) is 0 Å². The van der Waals surface area contributed by atoms with Gasteiger partial charge in [-0.3, -0.25) is 9.69 Å². The zero-order chi connectivity index (χ0) is 24.6. The summed E-state index contributed by atoms with van der Waals surface area (Å²) in [5, 5.41) is 6.19. The first kappa shape index (κ1) is 26.0. The second kappa shape index (κ2) is 12.2. The van der Waals surface area contributed by atoms with Crippen LogP contribution in [-0.2, 0) is 9.53 Å². The number of alkyl carbamates (subject to hydrolysis) is 1. The second-order valence-corrected chi connectivity index (χ2v) is 10.3. The van der Waals surface area contributed by atoms with Crippen molar-refractivity contribution >= 4 is 23.6 Å². The highest BCUT2D eigenvalue weighted by atomic mass is 16.6. The van der Waals surface area contributed by atoms with E-state index in [2.05, 4.69) is 16.7 Å². The number of guanidine groups is 1. The van der Waals surface area contributed by atoms with E-state index in [1.54, 1.807) is 4.90 Å². The molecule has 2 amide bonds. The number of nitrogens with zero attached hydrogens (tertiary/aromatic N) is 2. The number of nitrogens with one attached hydrogen (secondary N) is 2. The number of hydrogen-bond acceptors (Lipinski definition) is 6. The summed E-state index contributed by atoms with van der Waals surface area (Å²) >= 11 is 0. The molecule has 4 N–H and O–H groups in total. The van der Waals surface area contributed by atoms with Gasteiger partial charge < -0.3 is 21.1 Å². The van der Waals surface area contributed by atoms with E-state index < -0.39 is 5.60 Å². The van der Waals surface area contributed by atoms with Gasteiger partial charge in [0.05, 0.1) is 11.7 Å².